The molecular weight excluding hydrogens is 276 g/mol. The van der Waals surface area contributed by atoms with Crippen molar-refractivity contribution < 1.29 is 4.79 Å². The Labute approximate surface area is 129 Å². The van der Waals surface area contributed by atoms with Crippen LogP contribution in [0.1, 0.15) is 43.8 Å². The number of aromatic amines is 1. The van der Waals surface area contributed by atoms with Crippen LogP contribution >= 0.6 is 0 Å². The van der Waals surface area contributed by atoms with Crippen molar-refractivity contribution >= 4 is 5.91 Å². The molecule has 0 aromatic carbocycles. The van der Waals surface area contributed by atoms with E-state index in [1.165, 1.54) is 12.8 Å². The van der Waals surface area contributed by atoms with Crippen molar-refractivity contribution in [1.82, 2.24) is 19.9 Å². The summed E-state index contributed by atoms with van der Waals surface area (Å²) >= 11 is 0. The van der Waals surface area contributed by atoms with Crippen molar-refractivity contribution in [2.24, 2.45) is 0 Å². The van der Waals surface area contributed by atoms with Crippen LogP contribution in [-0.4, -0.2) is 38.3 Å². The third kappa shape index (κ3) is 2.40. The molecule has 22 heavy (non-hydrogen) atoms. The van der Waals surface area contributed by atoms with Gasteiger partial charge in [-0.2, -0.15) is 0 Å². The van der Waals surface area contributed by atoms with Gasteiger partial charge in [0.05, 0.1) is 11.9 Å². The van der Waals surface area contributed by atoms with Gasteiger partial charge in [0.25, 0.3) is 0 Å². The average Bonchev–Trinajstić information content (AvgIpc) is 3.28. The van der Waals surface area contributed by atoms with Crippen molar-refractivity contribution in [1.29, 1.82) is 0 Å². The monoisotopic (exact) mass is 296 g/mol. The molecule has 1 aliphatic carbocycles. The Kier molecular flexibility index (Phi) is 3.41. The summed E-state index contributed by atoms with van der Waals surface area (Å²) in [6.07, 6.45) is 10.8. The van der Waals surface area contributed by atoms with E-state index in [-0.39, 0.29) is 11.8 Å². The maximum atomic E-state index is 12.3. The molecule has 1 unspecified atom stereocenters. The van der Waals surface area contributed by atoms with Crippen LogP contribution in [0, 0.1) is 0 Å². The third-order valence-electron chi connectivity index (χ3n) is 4.88. The molecule has 5 nitrogen and oxygen atoms in total. The highest BCUT2D eigenvalue weighted by molar-refractivity contribution is 5.80. The lowest BCUT2D eigenvalue weighted by Crippen LogP contribution is -2.34. The second kappa shape index (κ2) is 5.55. The predicted molar refractivity (Wildman–Crippen MR) is 83.1 cm³/mol. The molecule has 1 amide bonds. The fourth-order valence-corrected chi connectivity index (χ4v) is 3.70. The molecule has 1 atom stereocenters. The maximum absolute atomic E-state index is 12.3. The van der Waals surface area contributed by atoms with Gasteiger partial charge < -0.3 is 9.88 Å². The summed E-state index contributed by atoms with van der Waals surface area (Å²) in [7, 11) is 0. The summed E-state index contributed by atoms with van der Waals surface area (Å²) in [6, 6.07) is 4.39. The van der Waals surface area contributed by atoms with Crippen LogP contribution in [0.15, 0.2) is 30.7 Å². The molecule has 2 fully saturated rings. The first-order valence-electron chi connectivity index (χ1n) is 8.06. The van der Waals surface area contributed by atoms with E-state index in [9.17, 15) is 4.79 Å². The molecule has 2 aliphatic rings. The molecule has 114 valence electrons. The number of hydrogen-bond acceptors (Lipinski definition) is 3. The van der Waals surface area contributed by atoms with Gasteiger partial charge in [-0.15, -0.1) is 0 Å². The SMILES string of the molecule is O=C1CC(c2ncc(-c3cccnc3)[nH]2)CN1C1CCCC1. The second-order valence-corrected chi connectivity index (χ2v) is 6.31. The zero-order valence-electron chi connectivity index (χ0n) is 12.5. The Morgan fingerprint density at radius 1 is 1.23 bits per heavy atom. The van der Waals surface area contributed by atoms with Gasteiger partial charge in [0.15, 0.2) is 0 Å². The van der Waals surface area contributed by atoms with Crippen molar-refractivity contribution in [3.63, 3.8) is 0 Å². The van der Waals surface area contributed by atoms with Crippen molar-refractivity contribution in [3.05, 3.63) is 36.5 Å². The minimum absolute atomic E-state index is 0.193. The van der Waals surface area contributed by atoms with Crippen LogP contribution in [-0.2, 0) is 4.79 Å². The summed E-state index contributed by atoms with van der Waals surface area (Å²) in [5.74, 6) is 1.41. The fraction of sp³-hybridized carbons (Fsp3) is 0.471. The maximum Gasteiger partial charge on any atom is 0.223 e. The van der Waals surface area contributed by atoms with E-state index in [4.69, 9.17) is 0 Å². The van der Waals surface area contributed by atoms with Gasteiger partial charge in [-0.25, -0.2) is 4.98 Å². The first-order chi connectivity index (χ1) is 10.8. The fourth-order valence-electron chi connectivity index (χ4n) is 3.70. The largest absolute Gasteiger partial charge is 0.342 e. The third-order valence-corrected chi connectivity index (χ3v) is 4.88. The van der Waals surface area contributed by atoms with E-state index < -0.39 is 0 Å². The number of H-pyrrole nitrogens is 1. The first-order valence-corrected chi connectivity index (χ1v) is 8.06. The molecule has 5 heteroatoms. The van der Waals surface area contributed by atoms with Crippen molar-refractivity contribution in [2.45, 2.75) is 44.1 Å². The van der Waals surface area contributed by atoms with Gasteiger partial charge in [-0.05, 0) is 25.0 Å². The van der Waals surface area contributed by atoms with E-state index in [0.29, 0.717) is 12.5 Å². The normalized spacial score (nSPS) is 22.6. The molecule has 0 bridgehead atoms. The van der Waals surface area contributed by atoms with Gasteiger partial charge in [-0.3, -0.25) is 9.78 Å². The standard InChI is InChI=1S/C17H20N4O/c22-16-8-13(11-21(16)14-5-1-2-6-14)17-19-10-15(20-17)12-4-3-7-18-9-12/h3-4,7,9-10,13-14H,1-2,5-6,8,11H2,(H,19,20). The van der Waals surface area contributed by atoms with Crippen LogP contribution in [0.3, 0.4) is 0 Å². The Hall–Kier alpha value is -2.17. The summed E-state index contributed by atoms with van der Waals surface area (Å²) in [4.78, 5) is 26.4. The molecule has 2 aromatic rings. The zero-order valence-corrected chi connectivity index (χ0v) is 12.5. The van der Waals surface area contributed by atoms with Crippen LogP contribution in [0.5, 0.6) is 0 Å². The molecule has 3 heterocycles. The van der Waals surface area contributed by atoms with Gasteiger partial charge in [-0.1, -0.05) is 12.8 Å². The number of imidazole rings is 1. The number of aromatic nitrogens is 3. The Morgan fingerprint density at radius 3 is 2.86 bits per heavy atom. The van der Waals surface area contributed by atoms with E-state index in [0.717, 1.165) is 36.5 Å². The molecule has 1 saturated heterocycles. The molecular formula is C17H20N4O. The zero-order chi connectivity index (χ0) is 14.9. The Morgan fingerprint density at radius 2 is 2.09 bits per heavy atom. The Balaban J connectivity index is 1.51. The lowest BCUT2D eigenvalue weighted by molar-refractivity contribution is -0.129. The smallest absolute Gasteiger partial charge is 0.223 e. The van der Waals surface area contributed by atoms with Crippen LogP contribution < -0.4 is 0 Å². The van der Waals surface area contributed by atoms with Crippen LogP contribution in [0.2, 0.25) is 0 Å². The lowest BCUT2D eigenvalue weighted by atomic mass is 10.1. The van der Waals surface area contributed by atoms with Gasteiger partial charge >= 0.3 is 0 Å². The quantitative estimate of drug-likeness (QED) is 0.947. The van der Waals surface area contributed by atoms with Crippen molar-refractivity contribution in [2.75, 3.05) is 6.54 Å². The van der Waals surface area contributed by atoms with Gasteiger partial charge in [0, 0.05) is 42.9 Å². The van der Waals surface area contributed by atoms with E-state index in [2.05, 4.69) is 19.9 Å². The number of nitrogens with one attached hydrogen (secondary N) is 1. The highest BCUT2D eigenvalue weighted by atomic mass is 16.2. The number of pyridine rings is 1. The molecule has 4 rings (SSSR count). The first kappa shape index (κ1) is 13.5. The number of carbonyl (C=O) groups is 1. The highest BCUT2D eigenvalue weighted by Crippen LogP contribution is 2.33. The van der Waals surface area contributed by atoms with Gasteiger partial charge in [0.1, 0.15) is 5.82 Å². The number of hydrogen-bond donors (Lipinski definition) is 1. The van der Waals surface area contributed by atoms with E-state index in [1.807, 2.05) is 24.5 Å². The van der Waals surface area contributed by atoms with E-state index in [1.54, 1.807) is 6.20 Å². The number of nitrogens with zero attached hydrogens (tertiary/aromatic N) is 3. The van der Waals surface area contributed by atoms with Crippen LogP contribution in [0.4, 0.5) is 0 Å². The summed E-state index contributed by atoms with van der Waals surface area (Å²) in [5, 5.41) is 0. The number of likely N-dealkylation sites (tertiary alicyclic amines) is 1. The average molecular weight is 296 g/mol. The Bertz CT molecular complexity index is 660. The summed E-state index contributed by atoms with van der Waals surface area (Å²) in [6.45, 7) is 0.809. The molecule has 0 spiro atoms. The number of amides is 1. The predicted octanol–water partition coefficient (Wildman–Crippen LogP) is 2.73. The van der Waals surface area contributed by atoms with Crippen molar-refractivity contribution in [3.8, 4) is 11.3 Å². The minimum atomic E-state index is 0.193. The number of carbonyl (C=O) groups excluding carboxylic acids is 1. The lowest BCUT2D eigenvalue weighted by Gasteiger charge is -2.23. The molecule has 1 aliphatic heterocycles. The minimum Gasteiger partial charge on any atom is -0.342 e. The molecule has 1 saturated carbocycles. The summed E-state index contributed by atoms with van der Waals surface area (Å²) in [5.41, 5.74) is 1.99. The second-order valence-electron chi connectivity index (χ2n) is 6.31. The highest BCUT2D eigenvalue weighted by Gasteiger charge is 2.37. The van der Waals surface area contributed by atoms with Crippen LogP contribution in [0.25, 0.3) is 11.3 Å². The summed E-state index contributed by atoms with van der Waals surface area (Å²) < 4.78 is 0. The van der Waals surface area contributed by atoms with Gasteiger partial charge in [0.2, 0.25) is 5.91 Å². The molecule has 0 radical (unpaired) electrons. The number of rotatable bonds is 3. The topological polar surface area (TPSA) is 61.9 Å². The van der Waals surface area contributed by atoms with E-state index >= 15 is 0 Å². The molecule has 1 N–H and O–H groups in total. The molecule has 2 aromatic heterocycles.